The van der Waals surface area contributed by atoms with Crippen molar-refractivity contribution in [1.82, 2.24) is 9.80 Å². The number of carbonyl (C=O) groups excluding carboxylic acids is 3. The first kappa shape index (κ1) is 20.5. The molecule has 2 N–H and O–H groups in total. The first-order chi connectivity index (χ1) is 14.0. The molecule has 0 aliphatic carbocycles. The van der Waals surface area contributed by atoms with Gasteiger partial charge in [0.05, 0.1) is 0 Å². The van der Waals surface area contributed by atoms with Gasteiger partial charge in [0.2, 0.25) is 5.91 Å². The molecular weight excluding hydrogens is 368 g/mol. The number of hydrogen-bond donors (Lipinski definition) is 2. The van der Waals surface area contributed by atoms with Gasteiger partial charge in [0.15, 0.2) is 0 Å². The molecule has 2 aromatic rings. The Kier molecular flexibility index (Phi) is 6.61. The standard InChI is InChI=1S/C22H26N4O3/c1-3-25-11-13-26(14-12-25)22(29)18-9-7-17(8-10-18)21(28)24-20-6-4-5-19(15-20)23-16(2)27/h4-10,15H,3,11-14H2,1-2H3,(H,23,27)(H,24,28). The molecule has 29 heavy (non-hydrogen) atoms. The number of nitrogens with zero attached hydrogens (tertiary/aromatic N) is 2. The summed E-state index contributed by atoms with van der Waals surface area (Å²) in [6.45, 7) is 7.77. The quantitative estimate of drug-likeness (QED) is 0.817. The topological polar surface area (TPSA) is 81.8 Å². The first-order valence-corrected chi connectivity index (χ1v) is 9.77. The third kappa shape index (κ3) is 5.42. The SMILES string of the molecule is CCN1CCN(C(=O)c2ccc(C(=O)Nc3cccc(NC(C)=O)c3)cc2)CC1. The van der Waals surface area contributed by atoms with Crippen LogP contribution < -0.4 is 10.6 Å². The summed E-state index contributed by atoms with van der Waals surface area (Å²) >= 11 is 0. The summed E-state index contributed by atoms with van der Waals surface area (Å²) in [5, 5.41) is 5.48. The third-order valence-corrected chi connectivity index (χ3v) is 4.94. The van der Waals surface area contributed by atoms with Crippen LogP contribution in [0.2, 0.25) is 0 Å². The van der Waals surface area contributed by atoms with Crippen molar-refractivity contribution in [1.29, 1.82) is 0 Å². The summed E-state index contributed by atoms with van der Waals surface area (Å²) in [6.07, 6.45) is 0. The second kappa shape index (κ2) is 9.34. The Morgan fingerprint density at radius 3 is 2.03 bits per heavy atom. The fourth-order valence-corrected chi connectivity index (χ4v) is 3.30. The molecule has 0 bridgehead atoms. The second-order valence-corrected chi connectivity index (χ2v) is 7.02. The lowest BCUT2D eigenvalue weighted by molar-refractivity contribution is -0.114. The minimum absolute atomic E-state index is 0.00396. The van der Waals surface area contributed by atoms with Crippen LogP contribution in [0.15, 0.2) is 48.5 Å². The Hall–Kier alpha value is -3.19. The van der Waals surface area contributed by atoms with Crippen molar-refractivity contribution in [2.75, 3.05) is 43.4 Å². The summed E-state index contributed by atoms with van der Waals surface area (Å²) in [7, 11) is 0. The molecule has 0 saturated carbocycles. The summed E-state index contributed by atoms with van der Waals surface area (Å²) in [6, 6.07) is 13.6. The van der Waals surface area contributed by atoms with Crippen molar-refractivity contribution in [2.45, 2.75) is 13.8 Å². The van der Waals surface area contributed by atoms with Crippen LogP contribution in [-0.2, 0) is 4.79 Å². The molecule has 152 valence electrons. The Bertz CT molecular complexity index is 887. The molecule has 0 atom stereocenters. The van der Waals surface area contributed by atoms with Crippen molar-refractivity contribution >= 4 is 29.1 Å². The maximum absolute atomic E-state index is 12.7. The fraction of sp³-hybridized carbons (Fsp3) is 0.318. The van der Waals surface area contributed by atoms with Crippen LogP contribution in [0, 0.1) is 0 Å². The summed E-state index contributed by atoms with van der Waals surface area (Å²) < 4.78 is 0. The zero-order valence-corrected chi connectivity index (χ0v) is 16.8. The molecule has 0 radical (unpaired) electrons. The summed E-state index contributed by atoms with van der Waals surface area (Å²) in [5.74, 6) is -0.457. The highest BCUT2D eigenvalue weighted by atomic mass is 16.2. The largest absolute Gasteiger partial charge is 0.336 e. The van der Waals surface area contributed by atoms with Crippen LogP contribution in [-0.4, -0.2) is 60.2 Å². The van der Waals surface area contributed by atoms with E-state index in [4.69, 9.17) is 0 Å². The number of likely N-dealkylation sites (N-methyl/N-ethyl adjacent to an activating group) is 1. The normalized spacial score (nSPS) is 14.3. The molecule has 0 aromatic heterocycles. The van der Waals surface area contributed by atoms with Gasteiger partial charge >= 0.3 is 0 Å². The van der Waals surface area contributed by atoms with Gasteiger partial charge < -0.3 is 20.4 Å². The zero-order valence-electron chi connectivity index (χ0n) is 16.8. The van der Waals surface area contributed by atoms with E-state index >= 15 is 0 Å². The number of anilines is 2. The highest BCUT2D eigenvalue weighted by Crippen LogP contribution is 2.17. The Labute approximate surface area is 170 Å². The lowest BCUT2D eigenvalue weighted by Crippen LogP contribution is -2.48. The van der Waals surface area contributed by atoms with Crippen molar-refractivity contribution in [2.24, 2.45) is 0 Å². The van der Waals surface area contributed by atoms with Gasteiger partial charge in [-0.1, -0.05) is 13.0 Å². The van der Waals surface area contributed by atoms with E-state index in [0.29, 0.717) is 22.5 Å². The van der Waals surface area contributed by atoms with Gasteiger partial charge in [-0.25, -0.2) is 0 Å². The molecule has 1 aliphatic heterocycles. The van der Waals surface area contributed by atoms with Crippen molar-refractivity contribution in [3.05, 3.63) is 59.7 Å². The second-order valence-electron chi connectivity index (χ2n) is 7.02. The molecule has 2 aromatic carbocycles. The van der Waals surface area contributed by atoms with Gasteiger partial charge in [-0.05, 0) is 49.0 Å². The van der Waals surface area contributed by atoms with Gasteiger partial charge in [-0.15, -0.1) is 0 Å². The predicted octanol–water partition coefficient (Wildman–Crippen LogP) is 2.68. The van der Waals surface area contributed by atoms with Crippen LogP contribution in [0.3, 0.4) is 0 Å². The van der Waals surface area contributed by atoms with Crippen molar-refractivity contribution < 1.29 is 14.4 Å². The zero-order chi connectivity index (χ0) is 20.8. The molecule has 1 heterocycles. The maximum atomic E-state index is 12.7. The van der Waals surface area contributed by atoms with Gasteiger partial charge in [0, 0.05) is 55.6 Å². The molecule has 0 unspecified atom stereocenters. The van der Waals surface area contributed by atoms with Gasteiger partial charge in [0.1, 0.15) is 0 Å². The van der Waals surface area contributed by atoms with E-state index in [9.17, 15) is 14.4 Å². The minimum Gasteiger partial charge on any atom is -0.336 e. The van der Waals surface area contributed by atoms with E-state index in [1.54, 1.807) is 48.5 Å². The summed E-state index contributed by atoms with van der Waals surface area (Å²) in [4.78, 5) is 40.5. The number of rotatable bonds is 5. The predicted molar refractivity (Wildman–Crippen MR) is 113 cm³/mol. The highest BCUT2D eigenvalue weighted by Gasteiger charge is 2.21. The number of amides is 3. The number of benzene rings is 2. The first-order valence-electron chi connectivity index (χ1n) is 9.77. The number of piperazine rings is 1. The number of hydrogen-bond acceptors (Lipinski definition) is 4. The van der Waals surface area contributed by atoms with E-state index in [1.807, 2.05) is 4.90 Å². The highest BCUT2D eigenvalue weighted by molar-refractivity contribution is 6.05. The maximum Gasteiger partial charge on any atom is 0.255 e. The minimum atomic E-state index is -0.277. The van der Waals surface area contributed by atoms with Crippen LogP contribution in [0.25, 0.3) is 0 Å². The van der Waals surface area contributed by atoms with Gasteiger partial charge in [0.25, 0.3) is 11.8 Å². The average Bonchev–Trinajstić information content (AvgIpc) is 2.73. The molecular formula is C22H26N4O3. The van der Waals surface area contributed by atoms with Crippen molar-refractivity contribution in [3.63, 3.8) is 0 Å². The molecule has 3 rings (SSSR count). The molecule has 3 amide bonds. The Morgan fingerprint density at radius 2 is 1.45 bits per heavy atom. The van der Waals surface area contributed by atoms with Gasteiger partial charge in [-0.2, -0.15) is 0 Å². The number of nitrogens with one attached hydrogen (secondary N) is 2. The average molecular weight is 394 g/mol. The van der Waals surface area contributed by atoms with Crippen LogP contribution in [0.4, 0.5) is 11.4 Å². The van der Waals surface area contributed by atoms with Gasteiger partial charge in [-0.3, -0.25) is 14.4 Å². The van der Waals surface area contributed by atoms with E-state index in [0.717, 1.165) is 32.7 Å². The van der Waals surface area contributed by atoms with E-state index in [1.165, 1.54) is 6.92 Å². The third-order valence-electron chi connectivity index (χ3n) is 4.94. The lowest BCUT2D eigenvalue weighted by atomic mass is 10.1. The van der Waals surface area contributed by atoms with Crippen LogP contribution in [0.5, 0.6) is 0 Å². The molecule has 1 aliphatic rings. The van der Waals surface area contributed by atoms with Crippen LogP contribution in [0.1, 0.15) is 34.6 Å². The van der Waals surface area contributed by atoms with E-state index in [2.05, 4.69) is 22.5 Å². The Morgan fingerprint density at radius 1 is 0.862 bits per heavy atom. The van der Waals surface area contributed by atoms with E-state index < -0.39 is 0 Å². The number of carbonyl (C=O) groups is 3. The molecule has 7 heteroatoms. The summed E-state index contributed by atoms with van der Waals surface area (Å²) in [5.41, 5.74) is 2.23. The smallest absolute Gasteiger partial charge is 0.255 e. The molecule has 0 spiro atoms. The van der Waals surface area contributed by atoms with Crippen LogP contribution >= 0.6 is 0 Å². The molecule has 7 nitrogen and oxygen atoms in total. The lowest BCUT2D eigenvalue weighted by Gasteiger charge is -2.34. The van der Waals surface area contributed by atoms with Crippen molar-refractivity contribution in [3.8, 4) is 0 Å². The Balaban J connectivity index is 1.62. The fourth-order valence-electron chi connectivity index (χ4n) is 3.30. The van der Waals surface area contributed by atoms with E-state index in [-0.39, 0.29) is 17.7 Å². The molecule has 1 fully saturated rings. The monoisotopic (exact) mass is 394 g/mol. The molecule has 1 saturated heterocycles.